The molecule has 0 spiro atoms. The molecule has 0 bridgehead atoms. The van der Waals surface area contributed by atoms with Crippen molar-refractivity contribution in [1.29, 1.82) is 0 Å². The first-order valence-electron chi connectivity index (χ1n) is 8.81. The molecule has 0 aromatic carbocycles. The maximum absolute atomic E-state index is 13.0. The first-order valence-corrected chi connectivity index (χ1v) is 8.81. The summed E-state index contributed by atoms with van der Waals surface area (Å²) in [7, 11) is 2.07. The number of nitrogen functional groups attached to an aromatic ring is 1. The zero-order chi connectivity index (χ0) is 18.7. The molecule has 0 unspecified atom stereocenters. The van der Waals surface area contributed by atoms with Crippen LogP contribution in [0.5, 0.6) is 0 Å². The fourth-order valence-electron chi connectivity index (χ4n) is 3.40. The van der Waals surface area contributed by atoms with Crippen LogP contribution in [0.1, 0.15) is 23.0 Å². The van der Waals surface area contributed by atoms with Gasteiger partial charge in [-0.1, -0.05) is 0 Å². The molecule has 140 valence electrons. The molecule has 2 fully saturated rings. The van der Waals surface area contributed by atoms with Crippen LogP contribution in [0.25, 0.3) is 16.8 Å². The van der Waals surface area contributed by atoms with E-state index in [9.17, 15) is 9.18 Å². The SMILES string of the molecule is CN1CC(n2cc(-c3cnn4c(C(=O)N[C@@H]5C[C@@H]5F)cnc4c3N)cn2)C1. The predicted molar refractivity (Wildman–Crippen MR) is 95.9 cm³/mol. The standard InChI is InChI=1S/C17H19FN8O/c1-24-7-10(8-24)25-6-9(3-21-25)11-4-22-26-14(5-20-16(26)15(11)19)17(27)23-13-2-12(13)18/h3-6,10,12-13H,2,7-8,19H2,1H3,(H,23,27)/t12-,13+/m0/s1. The third-order valence-corrected chi connectivity index (χ3v) is 5.16. The number of anilines is 1. The van der Waals surface area contributed by atoms with E-state index >= 15 is 0 Å². The lowest BCUT2D eigenvalue weighted by Crippen LogP contribution is -2.45. The van der Waals surface area contributed by atoms with Gasteiger partial charge in [0.15, 0.2) is 11.3 Å². The highest BCUT2D eigenvalue weighted by molar-refractivity contribution is 5.95. The molecular weight excluding hydrogens is 351 g/mol. The van der Waals surface area contributed by atoms with Crippen LogP contribution in [0.4, 0.5) is 10.1 Å². The van der Waals surface area contributed by atoms with Gasteiger partial charge >= 0.3 is 0 Å². The van der Waals surface area contributed by atoms with E-state index in [1.54, 1.807) is 12.4 Å². The number of alkyl halides is 1. The van der Waals surface area contributed by atoms with Crippen LogP contribution in [-0.2, 0) is 0 Å². The maximum atomic E-state index is 13.0. The summed E-state index contributed by atoms with van der Waals surface area (Å²) >= 11 is 0. The number of hydrogen-bond acceptors (Lipinski definition) is 6. The molecule has 3 aromatic heterocycles. The van der Waals surface area contributed by atoms with Crippen LogP contribution in [0.2, 0.25) is 0 Å². The number of imidazole rings is 1. The highest BCUT2D eigenvalue weighted by atomic mass is 19.1. The van der Waals surface area contributed by atoms with Crippen molar-refractivity contribution in [3.8, 4) is 11.1 Å². The Morgan fingerprint density at radius 1 is 1.30 bits per heavy atom. The van der Waals surface area contributed by atoms with Crippen molar-refractivity contribution in [3.05, 3.63) is 30.5 Å². The molecule has 9 nitrogen and oxygen atoms in total. The summed E-state index contributed by atoms with van der Waals surface area (Å²) in [6.45, 7) is 1.93. The number of hydrogen-bond donors (Lipinski definition) is 2. The second-order valence-corrected chi connectivity index (χ2v) is 7.27. The van der Waals surface area contributed by atoms with Crippen molar-refractivity contribution in [2.75, 3.05) is 25.9 Å². The molecule has 3 N–H and O–H groups in total. The van der Waals surface area contributed by atoms with Crippen LogP contribution >= 0.6 is 0 Å². The first kappa shape index (κ1) is 16.2. The minimum atomic E-state index is -0.968. The van der Waals surface area contributed by atoms with Gasteiger partial charge in [-0.05, 0) is 7.05 Å². The number of nitrogens with one attached hydrogen (secondary N) is 1. The molecule has 10 heteroatoms. The summed E-state index contributed by atoms with van der Waals surface area (Å²) < 4.78 is 16.3. The van der Waals surface area contributed by atoms with Crippen LogP contribution in [0.3, 0.4) is 0 Å². The Morgan fingerprint density at radius 3 is 2.78 bits per heavy atom. The molecule has 2 aliphatic rings. The van der Waals surface area contributed by atoms with E-state index in [1.165, 1.54) is 10.7 Å². The van der Waals surface area contributed by atoms with Gasteiger partial charge in [-0.3, -0.25) is 9.48 Å². The molecule has 1 aliphatic carbocycles. The monoisotopic (exact) mass is 370 g/mol. The van der Waals surface area contributed by atoms with Crippen molar-refractivity contribution in [2.45, 2.75) is 24.7 Å². The van der Waals surface area contributed by atoms with Gasteiger partial charge in [-0.25, -0.2) is 13.9 Å². The molecule has 0 radical (unpaired) electrons. The van der Waals surface area contributed by atoms with Crippen LogP contribution < -0.4 is 11.1 Å². The Labute approximate surface area is 154 Å². The number of nitrogens with zero attached hydrogens (tertiary/aromatic N) is 6. The molecular formula is C17H19FN8O. The Kier molecular flexibility index (Phi) is 3.44. The summed E-state index contributed by atoms with van der Waals surface area (Å²) in [4.78, 5) is 18.7. The van der Waals surface area contributed by atoms with Gasteiger partial charge in [-0.15, -0.1) is 0 Å². The minimum Gasteiger partial charge on any atom is -0.395 e. The molecule has 1 saturated carbocycles. The fraction of sp³-hybridized carbons (Fsp3) is 0.412. The number of amides is 1. The van der Waals surface area contributed by atoms with Gasteiger partial charge in [0.05, 0.1) is 36.4 Å². The molecule has 27 heavy (non-hydrogen) atoms. The maximum Gasteiger partial charge on any atom is 0.271 e. The lowest BCUT2D eigenvalue weighted by molar-refractivity contribution is 0.0940. The Bertz CT molecular complexity index is 1040. The number of fused-ring (bicyclic) bond motifs is 1. The third kappa shape index (κ3) is 2.64. The molecule has 1 aliphatic heterocycles. The van der Waals surface area contributed by atoms with E-state index in [4.69, 9.17) is 5.73 Å². The summed E-state index contributed by atoms with van der Waals surface area (Å²) in [5, 5.41) is 11.4. The first-order chi connectivity index (χ1) is 13.0. The molecule has 1 amide bonds. The second-order valence-electron chi connectivity index (χ2n) is 7.27. The topological polar surface area (TPSA) is 106 Å². The molecule has 5 rings (SSSR count). The number of aromatic nitrogens is 5. The number of carbonyl (C=O) groups excluding carboxylic acids is 1. The summed E-state index contributed by atoms with van der Waals surface area (Å²) in [5.74, 6) is -0.408. The highest BCUT2D eigenvalue weighted by Gasteiger charge is 2.39. The van der Waals surface area contributed by atoms with Crippen molar-refractivity contribution in [1.82, 2.24) is 34.6 Å². The highest BCUT2D eigenvalue weighted by Crippen LogP contribution is 2.30. The normalized spacial score (nSPS) is 22.7. The smallest absolute Gasteiger partial charge is 0.271 e. The van der Waals surface area contributed by atoms with Gasteiger partial charge in [0.25, 0.3) is 5.91 Å². The van der Waals surface area contributed by atoms with Gasteiger partial charge < -0.3 is 16.0 Å². The zero-order valence-corrected chi connectivity index (χ0v) is 14.7. The van der Waals surface area contributed by atoms with E-state index in [1.807, 2.05) is 10.9 Å². The van der Waals surface area contributed by atoms with Crippen molar-refractivity contribution < 1.29 is 9.18 Å². The average Bonchev–Trinajstić information content (AvgIpc) is 3.05. The predicted octanol–water partition coefficient (Wildman–Crippen LogP) is 0.502. The number of rotatable bonds is 4. The quantitative estimate of drug-likeness (QED) is 0.693. The van der Waals surface area contributed by atoms with Gasteiger partial charge in [-0.2, -0.15) is 10.2 Å². The van der Waals surface area contributed by atoms with Gasteiger partial charge in [0.2, 0.25) is 0 Å². The minimum absolute atomic E-state index is 0.232. The molecule has 4 heterocycles. The van der Waals surface area contributed by atoms with E-state index < -0.39 is 18.1 Å². The lowest BCUT2D eigenvalue weighted by atomic mass is 10.1. The van der Waals surface area contributed by atoms with E-state index in [0.717, 1.165) is 18.7 Å². The summed E-state index contributed by atoms with van der Waals surface area (Å²) in [6.07, 6.45) is 6.10. The number of halogens is 1. The van der Waals surface area contributed by atoms with E-state index in [-0.39, 0.29) is 5.69 Å². The summed E-state index contributed by atoms with van der Waals surface area (Å²) in [5.41, 5.74) is 8.90. The number of carbonyl (C=O) groups is 1. The largest absolute Gasteiger partial charge is 0.395 e. The van der Waals surface area contributed by atoms with Gasteiger partial charge in [0.1, 0.15) is 6.17 Å². The number of likely N-dealkylation sites (N-methyl/N-ethyl adjacent to an activating group) is 1. The van der Waals surface area contributed by atoms with Crippen molar-refractivity contribution >= 4 is 17.2 Å². The number of nitrogens with two attached hydrogens (primary N) is 1. The Balaban J connectivity index is 1.45. The fourth-order valence-corrected chi connectivity index (χ4v) is 3.40. The number of likely N-dealkylation sites (tertiary alicyclic amines) is 1. The lowest BCUT2D eigenvalue weighted by Gasteiger charge is -2.36. The molecule has 1 saturated heterocycles. The van der Waals surface area contributed by atoms with E-state index in [2.05, 4.69) is 32.4 Å². The third-order valence-electron chi connectivity index (χ3n) is 5.16. The van der Waals surface area contributed by atoms with Crippen molar-refractivity contribution in [2.24, 2.45) is 0 Å². The van der Waals surface area contributed by atoms with Crippen molar-refractivity contribution in [3.63, 3.8) is 0 Å². The van der Waals surface area contributed by atoms with Gasteiger partial charge in [0, 0.05) is 36.8 Å². The zero-order valence-electron chi connectivity index (χ0n) is 14.7. The van der Waals surface area contributed by atoms with Crippen LogP contribution in [0, 0.1) is 0 Å². The molecule has 3 aromatic rings. The Morgan fingerprint density at radius 2 is 2.07 bits per heavy atom. The summed E-state index contributed by atoms with van der Waals surface area (Å²) in [6, 6.07) is -0.0544. The van der Waals surface area contributed by atoms with E-state index in [0.29, 0.717) is 29.4 Å². The Hall–Kier alpha value is -3.01. The van der Waals surface area contributed by atoms with Crippen LogP contribution in [-0.4, -0.2) is 67.5 Å². The average molecular weight is 370 g/mol. The second kappa shape index (κ2) is 5.74. The van der Waals surface area contributed by atoms with Crippen LogP contribution in [0.15, 0.2) is 24.8 Å². The molecule has 2 atom stereocenters.